The molecule has 1 saturated heterocycles. The number of rotatable bonds is 7. The van der Waals surface area contributed by atoms with Crippen molar-refractivity contribution in [2.24, 2.45) is 5.92 Å². The van der Waals surface area contributed by atoms with Crippen LogP contribution in [0.1, 0.15) is 49.3 Å². The first kappa shape index (κ1) is 24.9. The summed E-state index contributed by atoms with van der Waals surface area (Å²) >= 11 is 0. The number of benzene rings is 2. The monoisotopic (exact) mass is 481 g/mol. The summed E-state index contributed by atoms with van der Waals surface area (Å²) in [7, 11) is 6.43. The molecule has 0 unspecified atom stereocenters. The Bertz CT molecular complexity index is 1080. The van der Waals surface area contributed by atoms with Gasteiger partial charge in [-0.3, -0.25) is 4.79 Å². The number of fused-ring (bicyclic) bond motifs is 1. The molecule has 7 nitrogen and oxygen atoms in total. The van der Waals surface area contributed by atoms with E-state index < -0.39 is 5.60 Å². The molecule has 1 aliphatic carbocycles. The highest BCUT2D eigenvalue weighted by molar-refractivity contribution is 5.92. The second-order valence-electron chi connectivity index (χ2n) is 9.24. The van der Waals surface area contributed by atoms with Gasteiger partial charge in [0.05, 0.1) is 40.1 Å². The standard InChI is InChI=1S/C28H35NO6/c1-32-20-10-12-23(33-2)21(18-20)27-22-7-5-6-14-28(22,31)15-16-29(27)26(30)13-9-19-8-11-24(34-3)25(17-19)35-4/h8-13,17-18,22,27,31H,5-7,14-16H2,1-4H3/b13-9+/t22-,27-,28+/m0/s1. The van der Waals surface area contributed by atoms with Gasteiger partial charge in [0.25, 0.3) is 0 Å². The number of aliphatic hydroxyl groups is 1. The van der Waals surface area contributed by atoms with Crippen LogP contribution < -0.4 is 18.9 Å². The van der Waals surface area contributed by atoms with E-state index in [-0.39, 0.29) is 17.9 Å². The number of ether oxygens (including phenoxy) is 4. The van der Waals surface area contributed by atoms with Crippen LogP contribution in [0.5, 0.6) is 23.0 Å². The molecule has 0 spiro atoms. The van der Waals surface area contributed by atoms with Gasteiger partial charge in [-0.1, -0.05) is 18.9 Å². The van der Waals surface area contributed by atoms with Crippen molar-refractivity contribution >= 4 is 12.0 Å². The predicted molar refractivity (Wildman–Crippen MR) is 134 cm³/mol. The summed E-state index contributed by atoms with van der Waals surface area (Å²) in [5.41, 5.74) is 0.906. The third-order valence-electron chi connectivity index (χ3n) is 7.43. The maximum absolute atomic E-state index is 13.6. The number of carbonyl (C=O) groups excluding carboxylic acids is 1. The molecule has 1 aliphatic heterocycles. The van der Waals surface area contributed by atoms with E-state index in [2.05, 4.69) is 0 Å². The smallest absolute Gasteiger partial charge is 0.247 e. The minimum absolute atomic E-state index is 0.0792. The van der Waals surface area contributed by atoms with E-state index in [1.807, 2.05) is 41.3 Å². The molecule has 0 bridgehead atoms. The first-order chi connectivity index (χ1) is 16.9. The van der Waals surface area contributed by atoms with Gasteiger partial charge in [0.2, 0.25) is 5.91 Å². The van der Waals surface area contributed by atoms with Crippen LogP contribution >= 0.6 is 0 Å². The lowest BCUT2D eigenvalue weighted by atomic mass is 9.66. The highest BCUT2D eigenvalue weighted by Crippen LogP contribution is 2.51. The van der Waals surface area contributed by atoms with Gasteiger partial charge < -0.3 is 29.0 Å². The van der Waals surface area contributed by atoms with Crippen molar-refractivity contribution in [1.29, 1.82) is 0 Å². The number of hydrogen-bond acceptors (Lipinski definition) is 6. The van der Waals surface area contributed by atoms with E-state index >= 15 is 0 Å². The molecule has 2 aromatic carbocycles. The van der Waals surface area contributed by atoms with Crippen LogP contribution in [0.2, 0.25) is 0 Å². The molecule has 2 aliphatic rings. The second-order valence-corrected chi connectivity index (χ2v) is 9.24. The minimum atomic E-state index is -0.791. The zero-order chi connectivity index (χ0) is 25.0. The molecule has 1 saturated carbocycles. The van der Waals surface area contributed by atoms with Gasteiger partial charge in [-0.15, -0.1) is 0 Å². The Morgan fingerprint density at radius 3 is 2.40 bits per heavy atom. The number of piperidine rings is 1. The van der Waals surface area contributed by atoms with E-state index in [4.69, 9.17) is 18.9 Å². The highest BCUT2D eigenvalue weighted by Gasteiger charge is 2.50. The highest BCUT2D eigenvalue weighted by atomic mass is 16.5. The van der Waals surface area contributed by atoms with E-state index in [9.17, 15) is 9.90 Å². The predicted octanol–water partition coefficient (Wildman–Crippen LogP) is 4.63. The third-order valence-corrected chi connectivity index (χ3v) is 7.43. The summed E-state index contributed by atoms with van der Waals surface area (Å²) in [6.07, 6.45) is 7.58. The Balaban J connectivity index is 1.70. The largest absolute Gasteiger partial charge is 0.497 e. The number of nitrogens with zero attached hydrogens (tertiary/aromatic N) is 1. The topological polar surface area (TPSA) is 77.5 Å². The molecule has 0 aromatic heterocycles. The van der Waals surface area contributed by atoms with Crippen LogP contribution in [0.25, 0.3) is 6.08 Å². The molecule has 1 N–H and O–H groups in total. The molecule has 7 heteroatoms. The van der Waals surface area contributed by atoms with Crippen molar-refractivity contribution in [2.75, 3.05) is 35.0 Å². The average molecular weight is 482 g/mol. The molecule has 35 heavy (non-hydrogen) atoms. The van der Waals surface area contributed by atoms with Crippen molar-refractivity contribution in [2.45, 2.75) is 43.7 Å². The average Bonchev–Trinajstić information content (AvgIpc) is 2.90. The first-order valence-electron chi connectivity index (χ1n) is 12.1. The van der Waals surface area contributed by atoms with Crippen molar-refractivity contribution in [3.8, 4) is 23.0 Å². The van der Waals surface area contributed by atoms with E-state index in [0.29, 0.717) is 36.0 Å². The lowest BCUT2D eigenvalue weighted by molar-refractivity contribution is -0.151. The Morgan fingerprint density at radius 1 is 0.943 bits per heavy atom. The Labute approximate surface area is 207 Å². The van der Waals surface area contributed by atoms with Gasteiger partial charge in [-0.2, -0.15) is 0 Å². The van der Waals surface area contributed by atoms with E-state index in [1.54, 1.807) is 40.6 Å². The number of methoxy groups -OCH3 is 4. The number of carbonyl (C=O) groups is 1. The molecule has 3 atom stereocenters. The SMILES string of the molecule is COc1ccc(OC)c([C@H]2[C@@H]3CCCC[C@@]3(O)CCN2C(=O)/C=C/c2ccc(OC)c(OC)c2)c1. The van der Waals surface area contributed by atoms with Crippen LogP contribution in [0.3, 0.4) is 0 Å². The van der Waals surface area contributed by atoms with E-state index in [1.165, 1.54) is 0 Å². The fourth-order valence-electron chi connectivity index (χ4n) is 5.60. The fraction of sp³-hybridized carbons (Fsp3) is 0.464. The van der Waals surface area contributed by atoms with Crippen LogP contribution in [0, 0.1) is 5.92 Å². The first-order valence-corrected chi connectivity index (χ1v) is 12.1. The molecular formula is C28H35NO6. The van der Waals surface area contributed by atoms with Crippen molar-refractivity contribution in [3.63, 3.8) is 0 Å². The molecule has 4 rings (SSSR count). The molecule has 0 radical (unpaired) electrons. The third kappa shape index (κ3) is 4.96. The summed E-state index contributed by atoms with van der Waals surface area (Å²) in [5, 5.41) is 11.6. The van der Waals surface area contributed by atoms with Gasteiger partial charge in [0, 0.05) is 24.1 Å². The quantitative estimate of drug-likeness (QED) is 0.581. The van der Waals surface area contributed by atoms with E-state index in [0.717, 1.165) is 36.8 Å². The fourth-order valence-corrected chi connectivity index (χ4v) is 5.60. The molecule has 1 heterocycles. The maximum Gasteiger partial charge on any atom is 0.247 e. The second kappa shape index (κ2) is 10.6. The van der Waals surface area contributed by atoms with Gasteiger partial charge in [0.15, 0.2) is 11.5 Å². The van der Waals surface area contributed by atoms with Crippen LogP contribution in [0.4, 0.5) is 0 Å². The number of likely N-dealkylation sites (tertiary alicyclic amines) is 1. The van der Waals surface area contributed by atoms with Gasteiger partial charge in [0.1, 0.15) is 11.5 Å². The summed E-state index contributed by atoms with van der Waals surface area (Å²) in [5.74, 6) is 2.43. The number of hydrogen-bond donors (Lipinski definition) is 1. The Morgan fingerprint density at radius 2 is 1.69 bits per heavy atom. The van der Waals surface area contributed by atoms with Gasteiger partial charge in [-0.25, -0.2) is 0 Å². The van der Waals surface area contributed by atoms with Crippen LogP contribution in [-0.4, -0.2) is 56.5 Å². The van der Waals surface area contributed by atoms with Crippen molar-refractivity contribution in [1.82, 2.24) is 4.90 Å². The summed E-state index contributed by atoms with van der Waals surface area (Å²) < 4.78 is 21.9. The molecule has 2 fully saturated rings. The lowest BCUT2D eigenvalue weighted by Gasteiger charge is -2.52. The zero-order valence-corrected chi connectivity index (χ0v) is 21.0. The maximum atomic E-state index is 13.6. The molecule has 188 valence electrons. The van der Waals surface area contributed by atoms with Crippen LogP contribution in [0.15, 0.2) is 42.5 Å². The van der Waals surface area contributed by atoms with Gasteiger partial charge in [-0.05, 0) is 61.2 Å². The molecular weight excluding hydrogens is 446 g/mol. The zero-order valence-electron chi connectivity index (χ0n) is 21.0. The minimum Gasteiger partial charge on any atom is -0.497 e. The number of amides is 1. The van der Waals surface area contributed by atoms with Gasteiger partial charge >= 0.3 is 0 Å². The normalized spacial score (nSPS) is 24.1. The Kier molecular flexibility index (Phi) is 7.55. The van der Waals surface area contributed by atoms with Crippen molar-refractivity contribution in [3.05, 3.63) is 53.6 Å². The summed E-state index contributed by atoms with van der Waals surface area (Å²) in [4.78, 5) is 15.5. The Hall–Kier alpha value is -3.19. The molecule has 2 aromatic rings. The van der Waals surface area contributed by atoms with Crippen molar-refractivity contribution < 1.29 is 28.8 Å². The van der Waals surface area contributed by atoms with Crippen LogP contribution in [-0.2, 0) is 4.79 Å². The summed E-state index contributed by atoms with van der Waals surface area (Å²) in [6.45, 7) is 0.465. The lowest BCUT2D eigenvalue weighted by Crippen LogP contribution is -2.56. The molecule has 1 amide bonds. The summed E-state index contributed by atoms with van der Waals surface area (Å²) in [6, 6.07) is 10.9.